The summed E-state index contributed by atoms with van der Waals surface area (Å²) < 4.78 is 0. The van der Waals surface area contributed by atoms with E-state index in [4.69, 9.17) is 28.9 Å². The molecule has 0 aliphatic rings. The first-order valence-corrected chi connectivity index (χ1v) is 6.91. The Morgan fingerprint density at radius 1 is 1.18 bits per heavy atom. The number of benzene rings is 2. The van der Waals surface area contributed by atoms with Crippen molar-refractivity contribution >= 4 is 46.2 Å². The van der Waals surface area contributed by atoms with Gasteiger partial charge in [0.05, 0.1) is 22.1 Å². The van der Waals surface area contributed by atoms with E-state index in [1.54, 1.807) is 30.3 Å². The van der Waals surface area contributed by atoms with Crippen molar-refractivity contribution in [1.29, 1.82) is 0 Å². The number of carbonyl (C=O) groups excluding carboxylic acids is 1. The maximum absolute atomic E-state index is 11.1. The molecule has 2 rings (SSSR count). The SMILES string of the molecule is NC(=O)Cc1c(Cl)ccc(Nc2ccccc2[N+](=O)[O-])c1Cl. The number of carbonyl (C=O) groups is 1. The first kappa shape index (κ1) is 16.1. The lowest BCUT2D eigenvalue weighted by atomic mass is 10.1. The number of nitrogens with two attached hydrogens (primary N) is 1. The van der Waals surface area contributed by atoms with Gasteiger partial charge in [-0.1, -0.05) is 35.3 Å². The molecule has 1 amide bonds. The van der Waals surface area contributed by atoms with Crippen LogP contribution in [0.5, 0.6) is 0 Å². The number of primary amides is 1. The average Bonchev–Trinajstić information content (AvgIpc) is 2.46. The number of hydrogen-bond acceptors (Lipinski definition) is 4. The number of nitrogens with one attached hydrogen (secondary N) is 1. The van der Waals surface area contributed by atoms with Crippen molar-refractivity contribution < 1.29 is 9.72 Å². The van der Waals surface area contributed by atoms with Gasteiger partial charge in [-0.3, -0.25) is 14.9 Å². The van der Waals surface area contributed by atoms with Gasteiger partial charge in [-0.25, -0.2) is 0 Å². The fraction of sp³-hybridized carbons (Fsp3) is 0.0714. The van der Waals surface area contributed by atoms with Crippen molar-refractivity contribution in [2.75, 3.05) is 5.32 Å². The molecule has 0 unspecified atom stereocenters. The number of hydrogen-bond donors (Lipinski definition) is 2. The molecular formula is C14H11Cl2N3O3. The lowest BCUT2D eigenvalue weighted by Crippen LogP contribution is -2.14. The maximum atomic E-state index is 11.1. The van der Waals surface area contributed by atoms with Gasteiger partial charge < -0.3 is 11.1 Å². The van der Waals surface area contributed by atoms with Crippen LogP contribution in [0.4, 0.5) is 17.1 Å². The van der Waals surface area contributed by atoms with Gasteiger partial charge in [-0.05, 0) is 18.2 Å². The number of anilines is 2. The molecule has 0 spiro atoms. The van der Waals surface area contributed by atoms with Gasteiger partial charge >= 0.3 is 0 Å². The predicted octanol–water partition coefficient (Wildman–Crippen LogP) is 3.67. The van der Waals surface area contributed by atoms with E-state index in [-0.39, 0.29) is 22.8 Å². The van der Waals surface area contributed by atoms with Gasteiger partial charge in [0.1, 0.15) is 5.69 Å². The summed E-state index contributed by atoms with van der Waals surface area (Å²) in [7, 11) is 0. The van der Waals surface area contributed by atoms with Gasteiger partial charge in [0, 0.05) is 16.7 Å². The minimum Gasteiger partial charge on any atom is -0.369 e. The van der Waals surface area contributed by atoms with Crippen molar-refractivity contribution in [2.24, 2.45) is 5.73 Å². The molecule has 0 atom stereocenters. The third-order valence-electron chi connectivity index (χ3n) is 2.91. The van der Waals surface area contributed by atoms with Crippen LogP contribution in [0, 0.1) is 10.1 Å². The zero-order valence-corrected chi connectivity index (χ0v) is 12.7. The molecule has 8 heteroatoms. The summed E-state index contributed by atoms with van der Waals surface area (Å²) in [4.78, 5) is 21.6. The smallest absolute Gasteiger partial charge is 0.292 e. The molecule has 22 heavy (non-hydrogen) atoms. The van der Waals surface area contributed by atoms with E-state index in [1.807, 2.05) is 0 Å². The Kier molecular flexibility index (Phi) is 4.85. The van der Waals surface area contributed by atoms with Crippen molar-refractivity contribution in [1.82, 2.24) is 0 Å². The molecule has 0 saturated heterocycles. The Morgan fingerprint density at radius 2 is 1.86 bits per heavy atom. The van der Waals surface area contributed by atoms with E-state index in [2.05, 4.69) is 5.32 Å². The second kappa shape index (κ2) is 6.64. The minimum absolute atomic E-state index is 0.0926. The van der Waals surface area contributed by atoms with Crippen LogP contribution in [-0.2, 0) is 11.2 Å². The average molecular weight is 340 g/mol. The summed E-state index contributed by atoms with van der Waals surface area (Å²) in [6, 6.07) is 9.26. The number of nitro benzene ring substituents is 1. The minimum atomic E-state index is -0.577. The molecule has 0 heterocycles. The van der Waals surface area contributed by atoms with Gasteiger partial charge in [-0.2, -0.15) is 0 Å². The summed E-state index contributed by atoms with van der Waals surface area (Å²) in [6.45, 7) is 0. The molecule has 0 saturated carbocycles. The number of nitro groups is 1. The molecular weight excluding hydrogens is 329 g/mol. The first-order chi connectivity index (χ1) is 10.4. The van der Waals surface area contributed by atoms with Crippen LogP contribution in [0.3, 0.4) is 0 Å². The quantitative estimate of drug-likeness (QED) is 0.641. The molecule has 0 aromatic heterocycles. The predicted molar refractivity (Wildman–Crippen MR) is 85.7 cm³/mol. The number of rotatable bonds is 5. The van der Waals surface area contributed by atoms with E-state index < -0.39 is 10.8 Å². The lowest BCUT2D eigenvalue weighted by molar-refractivity contribution is -0.383. The summed E-state index contributed by atoms with van der Waals surface area (Å²) in [5.74, 6) is -0.577. The van der Waals surface area contributed by atoms with E-state index in [0.29, 0.717) is 16.3 Å². The zero-order chi connectivity index (χ0) is 16.3. The van der Waals surface area contributed by atoms with Gasteiger partial charge in [0.15, 0.2) is 0 Å². The molecule has 2 aromatic rings. The van der Waals surface area contributed by atoms with E-state index in [0.717, 1.165) is 0 Å². The Labute approximate surface area is 136 Å². The molecule has 114 valence electrons. The fourth-order valence-electron chi connectivity index (χ4n) is 1.91. The Bertz CT molecular complexity index is 750. The van der Waals surface area contributed by atoms with Crippen LogP contribution in [0.15, 0.2) is 36.4 Å². The normalized spacial score (nSPS) is 10.3. The van der Waals surface area contributed by atoms with Gasteiger partial charge in [-0.15, -0.1) is 0 Å². The molecule has 0 aliphatic carbocycles. The summed E-state index contributed by atoms with van der Waals surface area (Å²) in [6.07, 6.45) is -0.121. The van der Waals surface area contributed by atoms with Crippen LogP contribution in [0.1, 0.15) is 5.56 Å². The fourth-order valence-corrected chi connectivity index (χ4v) is 2.47. The second-order valence-corrected chi connectivity index (χ2v) is 5.21. The highest BCUT2D eigenvalue weighted by atomic mass is 35.5. The lowest BCUT2D eigenvalue weighted by Gasteiger charge is -2.13. The molecule has 2 aromatic carbocycles. The van der Waals surface area contributed by atoms with E-state index in [1.165, 1.54) is 6.07 Å². The summed E-state index contributed by atoms with van der Waals surface area (Å²) in [5, 5.41) is 14.4. The van der Waals surface area contributed by atoms with Crippen LogP contribution in [0.25, 0.3) is 0 Å². The Balaban J connectivity index is 2.43. The molecule has 0 bridgehead atoms. The molecule has 0 fully saturated rings. The van der Waals surface area contributed by atoms with E-state index in [9.17, 15) is 14.9 Å². The highest BCUT2D eigenvalue weighted by Gasteiger charge is 2.17. The van der Waals surface area contributed by atoms with Crippen LogP contribution in [-0.4, -0.2) is 10.8 Å². The Morgan fingerprint density at radius 3 is 2.50 bits per heavy atom. The highest BCUT2D eigenvalue weighted by molar-refractivity contribution is 6.38. The van der Waals surface area contributed by atoms with Crippen molar-refractivity contribution in [3.63, 3.8) is 0 Å². The van der Waals surface area contributed by atoms with E-state index >= 15 is 0 Å². The van der Waals surface area contributed by atoms with Crippen LogP contribution >= 0.6 is 23.2 Å². The van der Waals surface area contributed by atoms with Crippen LogP contribution in [0.2, 0.25) is 10.0 Å². The number of amides is 1. The molecule has 0 radical (unpaired) electrons. The summed E-state index contributed by atoms with van der Waals surface area (Å²) in [5.41, 5.74) is 6.12. The Hall–Kier alpha value is -2.31. The van der Waals surface area contributed by atoms with Crippen molar-refractivity contribution in [3.8, 4) is 0 Å². The molecule has 6 nitrogen and oxygen atoms in total. The third-order valence-corrected chi connectivity index (χ3v) is 3.69. The van der Waals surface area contributed by atoms with Crippen molar-refractivity contribution in [3.05, 3.63) is 62.1 Å². The number of nitrogens with zero attached hydrogens (tertiary/aromatic N) is 1. The van der Waals surface area contributed by atoms with Gasteiger partial charge in [0.2, 0.25) is 5.91 Å². The monoisotopic (exact) mass is 339 g/mol. The maximum Gasteiger partial charge on any atom is 0.292 e. The van der Waals surface area contributed by atoms with Crippen molar-refractivity contribution in [2.45, 2.75) is 6.42 Å². The molecule has 0 aliphatic heterocycles. The van der Waals surface area contributed by atoms with Gasteiger partial charge in [0.25, 0.3) is 5.69 Å². The number of halogens is 2. The standard InChI is InChI=1S/C14H11Cl2N3O3/c15-9-5-6-11(14(16)8(9)7-13(17)20)18-10-3-1-2-4-12(10)19(21)22/h1-6,18H,7H2,(H2,17,20). The second-order valence-electron chi connectivity index (χ2n) is 4.43. The zero-order valence-electron chi connectivity index (χ0n) is 11.2. The first-order valence-electron chi connectivity index (χ1n) is 6.15. The molecule has 3 N–H and O–H groups in total. The number of para-hydroxylation sites is 2. The largest absolute Gasteiger partial charge is 0.369 e. The van der Waals surface area contributed by atoms with Crippen LogP contribution < -0.4 is 11.1 Å². The summed E-state index contributed by atoms with van der Waals surface area (Å²) >= 11 is 12.2. The topological polar surface area (TPSA) is 98.3 Å². The highest BCUT2D eigenvalue weighted by Crippen LogP contribution is 2.35. The third kappa shape index (κ3) is 3.47.